The molecule has 2 aliphatic rings. The molecule has 0 aliphatic carbocycles. The number of aryl methyl sites for hydroxylation is 1. The highest BCUT2D eigenvalue weighted by Crippen LogP contribution is 2.39. The van der Waals surface area contributed by atoms with Gasteiger partial charge >= 0.3 is 0 Å². The van der Waals surface area contributed by atoms with Crippen molar-refractivity contribution in [2.24, 2.45) is 0 Å². The first-order chi connectivity index (χ1) is 18.2. The first-order valence-corrected chi connectivity index (χ1v) is 13.8. The number of rotatable bonds is 9. The van der Waals surface area contributed by atoms with Gasteiger partial charge in [0.15, 0.2) is 18.1 Å². The average molecular weight is 603 g/mol. The lowest BCUT2D eigenvalue weighted by Crippen LogP contribution is -2.40. The molecule has 4 rings (SSSR count). The molecule has 0 bridgehead atoms. The van der Waals surface area contributed by atoms with Crippen LogP contribution in [0.15, 0.2) is 45.8 Å². The van der Waals surface area contributed by atoms with Crippen molar-refractivity contribution in [3.8, 4) is 11.5 Å². The third kappa shape index (κ3) is 6.76. The summed E-state index contributed by atoms with van der Waals surface area (Å²) in [4.78, 5) is 53.1. The molecule has 38 heavy (non-hydrogen) atoms. The summed E-state index contributed by atoms with van der Waals surface area (Å²) in [5, 5.41) is 2.31. The number of amides is 4. The first-order valence-electron chi connectivity index (χ1n) is 12.2. The maximum atomic E-state index is 12.9. The van der Waals surface area contributed by atoms with Gasteiger partial charge in [-0.3, -0.25) is 24.1 Å². The van der Waals surface area contributed by atoms with E-state index in [4.69, 9.17) is 9.47 Å². The Balaban J connectivity index is 1.45. The van der Waals surface area contributed by atoms with Gasteiger partial charge in [-0.2, -0.15) is 0 Å². The normalized spacial score (nSPS) is 16.3. The van der Waals surface area contributed by atoms with Gasteiger partial charge in [-0.25, -0.2) is 0 Å². The summed E-state index contributed by atoms with van der Waals surface area (Å²) >= 11 is 4.26. The van der Waals surface area contributed by atoms with Gasteiger partial charge in [0.1, 0.15) is 6.54 Å². The molecule has 0 atom stereocenters. The van der Waals surface area contributed by atoms with Gasteiger partial charge in [-0.05, 0) is 90.3 Å². The number of nitrogens with zero attached hydrogens (tertiary/aromatic N) is 2. The van der Waals surface area contributed by atoms with E-state index in [0.29, 0.717) is 46.9 Å². The summed E-state index contributed by atoms with van der Waals surface area (Å²) in [7, 11) is 0. The first kappa shape index (κ1) is 27.7. The van der Waals surface area contributed by atoms with Crippen LogP contribution in [0.25, 0.3) is 6.08 Å². The molecule has 2 aromatic carbocycles. The average Bonchev–Trinajstić information content (AvgIpc) is 3.50. The van der Waals surface area contributed by atoms with Crippen LogP contribution in [0.5, 0.6) is 11.5 Å². The lowest BCUT2D eigenvalue weighted by atomic mass is 10.2. The minimum atomic E-state index is -0.505. The van der Waals surface area contributed by atoms with Crippen LogP contribution in [0.1, 0.15) is 30.9 Å². The zero-order valence-electron chi connectivity index (χ0n) is 21.1. The number of carbonyl (C=O) groups excluding carboxylic acids is 4. The molecule has 11 heteroatoms. The molecular weight excluding hydrogens is 574 g/mol. The number of imide groups is 1. The minimum Gasteiger partial charge on any atom is -0.490 e. The number of nitrogens with one attached hydrogen (secondary N) is 1. The van der Waals surface area contributed by atoms with Crippen molar-refractivity contribution in [3.63, 3.8) is 0 Å². The number of hydrogen-bond donors (Lipinski definition) is 1. The van der Waals surface area contributed by atoms with E-state index in [-0.39, 0.29) is 29.9 Å². The van der Waals surface area contributed by atoms with Gasteiger partial charge < -0.3 is 19.7 Å². The summed E-state index contributed by atoms with van der Waals surface area (Å²) in [6, 6.07) is 10.8. The highest BCUT2D eigenvalue weighted by Gasteiger charge is 2.37. The second-order valence-corrected chi connectivity index (χ2v) is 10.7. The number of thioether (sulfide) groups is 1. The molecule has 4 amide bonds. The van der Waals surface area contributed by atoms with Crippen molar-refractivity contribution in [2.75, 3.05) is 38.2 Å². The zero-order valence-corrected chi connectivity index (χ0v) is 23.5. The molecule has 2 fully saturated rings. The van der Waals surface area contributed by atoms with Crippen molar-refractivity contribution in [1.29, 1.82) is 0 Å². The Morgan fingerprint density at radius 2 is 1.82 bits per heavy atom. The molecule has 2 aliphatic heterocycles. The van der Waals surface area contributed by atoms with E-state index in [9.17, 15) is 19.2 Å². The fourth-order valence-electron chi connectivity index (χ4n) is 4.04. The molecule has 2 aromatic rings. The number of hydrogen-bond acceptors (Lipinski definition) is 7. The van der Waals surface area contributed by atoms with Gasteiger partial charge in [-0.1, -0.05) is 17.7 Å². The van der Waals surface area contributed by atoms with Crippen LogP contribution >= 0.6 is 27.7 Å². The number of halogens is 1. The van der Waals surface area contributed by atoms with Gasteiger partial charge in [-0.15, -0.1) is 0 Å². The standard InChI is InChI=1S/C27H28BrN3O6S/c1-3-36-21-13-18(12-20(28)25(21)37-16-23(32)29-19-8-6-17(2)7-9-19)14-22-26(34)31(27(35)38-22)15-24(33)30-10-4-5-11-30/h6-9,12-14H,3-5,10-11,15-16H2,1-2H3,(H,29,32)/b22-14+. The third-order valence-electron chi connectivity index (χ3n) is 5.94. The molecule has 9 nitrogen and oxygen atoms in total. The van der Waals surface area contributed by atoms with Gasteiger partial charge in [0.25, 0.3) is 17.1 Å². The van der Waals surface area contributed by atoms with Gasteiger partial charge in [0.2, 0.25) is 5.91 Å². The summed E-state index contributed by atoms with van der Waals surface area (Å²) in [6.45, 7) is 4.94. The minimum absolute atomic E-state index is 0.213. The summed E-state index contributed by atoms with van der Waals surface area (Å²) in [5.74, 6) is -0.341. The van der Waals surface area contributed by atoms with Crippen molar-refractivity contribution in [1.82, 2.24) is 9.80 Å². The van der Waals surface area contributed by atoms with Gasteiger partial charge in [0.05, 0.1) is 16.0 Å². The fourth-order valence-corrected chi connectivity index (χ4v) is 5.45. The SMILES string of the molecule is CCOc1cc(/C=C2/SC(=O)N(CC(=O)N3CCCC3)C2=O)cc(Br)c1OCC(=O)Nc1ccc(C)cc1. The third-order valence-corrected chi connectivity index (χ3v) is 7.43. The van der Waals surface area contributed by atoms with Crippen LogP contribution in [0, 0.1) is 6.92 Å². The maximum Gasteiger partial charge on any atom is 0.294 e. The van der Waals surface area contributed by atoms with Crippen LogP contribution in [0.4, 0.5) is 10.5 Å². The number of carbonyl (C=O) groups is 4. The Morgan fingerprint density at radius 1 is 1.11 bits per heavy atom. The van der Waals surface area contributed by atoms with Crippen LogP contribution in [-0.2, 0) is 14.4 Å². The number of benzene rings is 2. The summed E-state index contributed by atoms with van der Waals surface area (Å²) in [5.41, 5.74) is 2.35. The molecule has 0 saturated carbocycles. The molecule has 2 heterocycles. The predicted molar refractivity (Wildman–Crippen MR) is 149 cm³/mol. The number of likely N-dealkylation sites (tertiary alicyclic amines) is 1. The Kier molecular flexibility index (Phi) is 9.11. The second-order valence-electron chi connectivity index (χ2n) is 8.82. The van der Waals surface area contributed by atoms with E-state index in [1.165, 1.54) is 0 Å². The lowest BCUT2D eigenvalue weighted by Gasteiger charge is -2.18. The Hall–Kier alpha value is -3.31. The van der Waals surface area contributed by atoms with Crippen LogP contribution in [0.2, 0.25) is 0 Å². The molecule has 1 N–H and O–H groups in total. The largest absolute Gasteiger partial charge is 0.490 e. The smallest absolute Gasteiger partial charge is 0.294 e. The van der Waals surface area contributed by atoms with E-state index in [1.54, 1.807) is 23.1 Å². The van der Waals surface area contributed by atoms with E-state index >= 15 is 0 Å². The van der Waals surface area contributed by atoms with Crippen molar-refractivity contribution >= 4 is 62.4 Å². The molecule has 0 aromatic heterocycles. The Morgan fingerprint density at radius 3 is 2.50 bits per heavy atom. The van der Waals surface area contributed by atoms with Gasteiger partial charge in [0, 0.05) is 18.8 Å². The van der Waals surface area contributed by atoms with E-state index < -0.39 is 11.1 Å². The molecular formula is C27H28BrN3O6S. The topological polar surface area (TPSA) is 105 Å². The highest BCUT2D eigenvalue weighted by atomic mass is 79.9. The number of anilines is 1. The Bertz CT molecular complexity index is 1270. The zero-order chi connectivity index (χ0) is 27.2. The summed E-state index contributed by atoms with van der Waals surface area (Å²) < 4.78 is 12.0. The highest BCUT2D eigenvalue weighted by molar-refractivity contribution is 9.10. The van der Waals surface area contributed by atoms with Crippen molar-refractivity contribution in [2.45, 2.75) is 26.7 Å². The van der Waals surface area contributed by atoms with Crippen molar-refractivity contribution in [3.05, 3.63) is 56.9 Å². The maximum absolute atomic E-state index is 12.9. The van der Waals surface area contributed by atoms with E-state index in [1.807, 2.05) is 38.1 Å². The molecule has 0 spiro atoms. The molecule has 200 valence electrons. The Labute approximate surface area is 233 Å². The monoisotopic (exact) mass is 601 g/mol. The summed E-state index contributed by atoms with van der Waals surface area (Å²) in [6.07, 6.45) is 3.44. The quantitative estimate of drug-likeness (QED) is 0.410. The molecule has 0 unspecified atom stereocenters. The lowest BCUT2D eigenvalue weighted by molar-refractivity contribution is -0.135. The second kappa shape index (κ2) is 12.5. The van der Waals surface area contributed by atoms with E-state index in [2.05, 4.69) is 21.2 Å². The van der Waals surface area contributed by atoms with E-state index in [0.717, 1.165) is 35.1 Å². The number of ether oxygens (including phenoxy) is 2. The molecule has 0 radical (unpaired) electrons. The fraction of sp³-hybridized carbons (Fsp3) is 0.333. The van der Waals surface area contributed by atoms with Crippen molar-refractivity contribution < 1.29 is 28.7 Å². The molecule has 2 saturated heterocycles. The van der Waals surface area contributed by atoms with Crippen LogP contribution < -0.4 is 14.8 Å². The van der Waals surface area contributed by atoms with Crippen LogP contribution in [0.3, 0.4) is 0 Å². The predicted octanol–water partition coefficient (Wildman–Crippen LogP) is 4.83. The van der Waals surface area contributed by atoms with Crippen LogP contribution in [-0.4, -0.2) is 65.6 Å².